The van der Waals surface area contributed by atoms with Gasteiger partial charge >= 0.3 is 6.18 Å². The number of alkyl halides is 3. The average Bonchev–Trinajstić information content (AvgIpc) is 3.11. The van der Waals surface area contributed by atoms with Crippen LogP contribution in [0.25, 0.3) is 0 Å². The van der Waals surface area contributed by atoms with E-state index in [1.807, 2.05) is 43.3 Å². The maximum atomic E-state index is 13.3. The number of benzene rings is 3. The number of para-hydroxylation sites is 1. The molecule has 1 N–H and O–H groups in total. The van der Waals surface area contributed by atoms with Crippen LogP contribution in [0.4, 0.5) is 24.5 Å². The normalized spacial score (nSPS) is 21.8. The fraction of sp³-hybridized carbons (Fsp3) is 0.400. The Morgan fingerprint density at radius 2 is 1.64 bits per heavy atom. The quantitative estimate of drug-likeness (QED) is 0.448. The number of anilines is 2. The molecule has 1 unspecified atom stereocenters. The van der Waals surface area contributed by atoms with Crippen molar-refractivity contribution in [2.45, 2.75) is 44.9 Å². The van der Waals surface area contributed by atoms with Gasteiger partial charge in [0.25, 0.3) is 0 Å². The second-order valence-electron chi connectivity index (χ2n) is 11.3. The third-order valence-corrected chi connectivity index (χ3v) is 7.58. The predicted octanol–water partition coefficient (Wildman–Crippen LogP) is 6.11. The van der Waals surface area contributed by atoms with Gasteiger partial charge in [-0.25, -0.2) is 0 Å². The van der Waals surface area contributed by atoms with Crippen molar-refractivity contribution in [1.29, 1.82) is 0 Å². The van der Waals surface area contributed by atoms with E-state index in [1.165, 1.54) is 5.69 Å². The number of hydrogen-bond donors (Lipinski definition) is 1. The number of β-amino-alcohol motifs (C(OH)–C–C–N with tert-alkyl or cyclic N) is 1. The molecule has 3 aromatic rings. The minimum Gasteiger partial charge on any atom is -0.382 e. The molecule has 2 heterocycles. The van der Waals surface area contributed by atoms with Gasteiger partial charge < -0.3 is 14.9 Å². The highest BCUT2D eigenvalue weighted by Crippen LogP contribution is 2.48. The lowest BCUT2D eigenvalue weighted by molar-refractivity contribution is -0.200. The summed E-state index contributed by atoms with van der Waals surface area (Å²) in [4.78, 5) is 4.08. The van der Waals surface area contributed by atoms with Gasteiger partial charge in [-0.1, -0.05) is 74.0 Å². The van der Waals surface area contributed by atoms with Crippen LogP contribution in [0.3, 0.4) is 0 Å². The van der Waals surface area contributed by atoms with Crippen molar-refractivity contribution in [3.63, 3.8) is 0 Å². The molecule has 2 aliphatic heterocycles. The van der Waals surface area contributed by atoms with Crippen LogP contribution in [-0.2, 0) is 11.8 Å². The minimum absolute atomic E-state index is 0.309. The summed E-state index contributed by atoms with van der Waals surface area (Å²) >= 11 is 0. The van der Waals surface area contributed by atoms with Crippen LogP contribution in [-0.4, -0.2) is 43.6 Å². The number of rotatable bonds is 6. The van der Waals surface area contributed by atoms with E-state index in [9.17, 15) is 18.3 Å². The molecule has 2 aliphatic rings. The highest BCUT2D eigenvalue weighted by molar-refractivity contribution is 5.67. The first kappa shape index (κ1) is 24.7. The van der Waals surface area contributed by atoms with Crippen molar-refractivity contribution in [2.24, 2.45) is 5.41 Å². The largest absolute Gasteiger partial charge is 0.416 e. The first-order valence-electron chi connectivity index (χ1n) is 12.5. The summed E-state index contributed by atoms with van der Waals surface area (Å²) in [7, 11) is 0. The lowest BCUT2D eigenvalue weighted by Gasteiger charge is -2.47. The maximum absolute atomic E-state index is 13.3. The molecule has 2 atom stereocenters. The summed E-state index contributed by atoms with van der Waals surface area (Å²) in [5.41, 5.74) is 6.03. The molecule has 0 spiro atoms. The van der Waals surface area contributed by atoms with Crippen molar-refractivity contribution in [3.8, 4) is 0 Å². The Morgan fingerprint density at radius 1 is 0.917 bits per heavy atom. The SMILES string of the molecule is Cc1cccc(C2(Cc3cccc(N4CC(C)(C)C4)c3)CN(C[C@@H](O)C(F)(F)F)c3ccccc32)c1. The van der Waals surface area contributed by atoms with Crippen molar-refractivity contribution in [1.82, 2.24) is 0 Å². The molecular formula is C30H33F3N2O. The summed E-state index contributed by atoms with van der Waals surface area (Å²) in [5, 5.41) is 9.95. The van der Waals surface area contributed by atoms with Crippen LogP contribution in [0.1, 0.15) is 36.1 Å². The number of aliphatic hydroxyl groups excluding tert-OH is 1. The Bertz CT molecular complexity index is 1250. The molecule has 0 radical (unpaired) electrons. The van der Waals surface area contributed by atoms with Gasteiger partial charge in [-0.15, -0.1) is 0 Å². The standard InChI is InChI=1S/C30H33F3N2O/c1-21-8-6-10-23(14-21)29(16-22-9-7-11-24(15-22)35-18-28(2,3)19-35)20-34(17-27(36)30(31,32)33)26-13-5-4-12-25(26)29/h4-15,27,36H,16-20H2,1-3H3/t27-,29?/m1/s1. The number of hydrogen-bond acceptors (Lipinski definition) is 3. The van der Waals surface area contributed by atoms with Crippen LogP contribution in [0.5, 0.6) is 0 Å². The Hall–Kier alpha value is -2.99. The van der Waals surface area contributed by atoms with Crippen LogP contribution in [0.2, 0.25) is 0 Å². The van der Waals surface area contributed by atoms with Gasteiger partial charge in [-0.3, -0.25) is 0 Å². The van der Waals surface area contributed by atoms with E-state index in [1.54, 1.807) is 4.90 Å². The van der Waals surface area contributed by atoms with E-state index in [4.69, 9.17) is 0 Å². The topological polar surface area (TPSA) is 26.7 Å². The monoisotopic (exact) mass is 494 g/mol. The molecule has 0 amide bonds. The van der Waals surface area contributed by atoms with Gasteiger partial charge in [0.05, 0.1) is 6.54 Å². The molecule has 6 heteroatoms. The number of aryl methyl sites for hydroxylation is 1. The second kappa shape index (κ2) is 8.84. The minimum atomic E-state index is -4.66. The van der Waals surface area contributed by atoms with E-state index >= 15 is 0 Å². The lowest BCUT2D eigenvalue weighted by Crippen LogP contribution is -2.53. The lowest BCUT2D eigenvalue weighted by atomic mass is 9.71. The molecule has 0 aliphatic carbocycles. The highest BCUT2D eigenvalue weighted by atomic mass is 19.4. The summed E-state index contributed by atoms with van der Waals surface area (Å²) in [6.45, 7) is 8.45. The number of aliphatic hydroxyl groups is 1. The van der Waals surface area contributed by atoms with Gasteiger partial charge in [-0.2, -0.15) is 13.2 Å². The van der Waals surface area contributed by atoms with Gasteiger partial charge in [-0.05, 0) is 53.6 Å². The van der Waals surface area contributed by atoms with Crippen molar-refractivity contribution < 1.29 is 18.3 Å². The molecule has 36 heavy (non-hydrogen) atoms. The third-order valence-electron chi connectivity index (χ3n) is 7.58. The van der Waals surface area contributed by atoms with Gasteiger partial charge in [0.15, 0.2) is 6.10 Å². The Balaban J connectivity index is 1.56. The van der Waals surface area contributed by atoms with Crippen molar-refractivity contribution >= 4 is 11.4 Å². The van der Waals surface area contributed by atoms with E-state index in [-0.39, 0.29) is 0 Å². The van der Waals surface area contributed by atoms with E-state index in [0.29, 0.717) is 18.4 Å². The fourth-order valence-corrected chi connectivity index (χ4v) is 5.95. The molecule has 3 aromatic carbocycles. The number of halogens is 3. The molecule has 0 saturated carbocycles. The molecule has 0 aromatic heterocycles. The van der Waals surface area contributed by atoms with Crippen LogP contribution in [0, 0.1) is 12.3 Å². The van der Waals surface area contributed by atoms with Gasteiger partial charge in [0.1, 0.15) is 0 Å². The van der Waals surface area contributed by atoms with Gasteiger partial charge in [0, 0.05) is 36.4 Å². The summed E-state index contributed by atoms with van der Waals surface area (Å²) in [6.07, 6.45) is -6.42. The maximum Gasteiger partial charge on any atom is 0.416 e. The van der Waals surface area contributed by atoms with Gasteiger partial charge in [0.2, 0.25) is 0 Å². The average molecular weight is 495 g/mol. The predicted molar refractivity (Wildman–Crippen MR) is 139 cm³/mol. The Labute approximate surface area is 211 Å². The molecule has 3 nitrogen and oxygen atoms in total. The molecule has 1 fully saturated rings. The molecule has 5 rings (SSSR count). The second-order valence-corrected chi connectivity index (χ2v) is 11.3. The first-order valence-corrected chi connectivity index (χ1v) is 12.5. The Kier molecular flexibility index (Phi) is 6.06. The third kappa shape index (κ3) is 4.59. The summed E-state index contributed by atoms with van der Waals surface area (Å²) in [6, 6.07) is 24.5. The molecule has 0 bridgehead atoms. The molecular weight excluding hydrogens is 461 g/mol. The summed E-state index contributed by atoms with van der Waals surface area (Å²) < 4.78 is 40.0. The van der Waals surface area contributed by atoms with Crippen molar-refractivity contribution in [2.75, 3.05) is 36.0 Å². The zero-order valence-electron chi connectivity index (χ0n) is 21.0. The zero-order valence-corrected chi connectivity index (χ0v) is 21.0. The van der Waals surface area contributed by atoms with Crippen LogP contribution < -0.4 is 9.80 Å². The first-order chi connectivity index (χ1) is 17.0. The zero-order chi connectivity index (χ0) is 25.7. The number of nitrogens with zero attached hydrogens (tertiary/aromatic N) is 2. The van der Waals surface area contributed by atoms with Crippen molar-refractivity contribution in [3.05, 3.63) is 95.1 Å². The van der Waals surface area contributed by atoms with Crippen LogP contribution >= 0.6 is 0 Å². The van der Waals surface area contributed by atoms with E-state index < -0.39 is 24.2 Å². The number of fused-ring (bicyclic) bond motifs is 1. The highest BCUT2D eigenvalue weighted by Gasteiger charge is 2.47. The summed E-state index contributed by atoms with van der Waals surface area (Å²) in [5.74, 6) is 0. The van der Waals surface area contributed by atoms with Crippen LogP contribution in [0.15, 0.2) is 72.8 Å². The smallest absolute Gasteiger partial charge is 0.382 e. The molecule has 190 valence electrons. The molecule has 1 saturated heterocycles. The van der Waals surface area contributed by atoms with E-state index in [0.717, 1.165) is 41.0 Å². The Morgan fingerprint density at radius 3 is 2.33 bits per heavy atom. The van der Waals surface area contributed by atoms with E-state index in [2.05, 4.69) is 55.1 Å². The fourth-order valence-electron chi connectivity index (χ4n) is 5.95.